The zero-order valence-electron chi connectivity index (χ0n) is 11.1. The first-order chi connectivity index (χ1) is 10.1. The second-order valence-corrected chi connectivity index (χ2v) is 5.92. The Morgan fingerprint density at radius 3 is 2.62 bits per heavy atom. The summed E-state index contributed by atoms with van der Waals surface area (Å²) in [5, 5.41) is 14.1. The van der Waals surface area contributed by atoms with Gasteiger partial charge in [0.05, 0.1) is 16.4 Å². The van der Waals surface area contributed by atoms with Gasteiger partial charge >= 0.3 is 0 Å². The summed E-state index contributed by atoms with van der Waals surface area (Å²) in [5.41, 5.74) is 1.57. The quantitative estimate of drug-likeness (QED) is 0.792. The highest BCUT2D eigenvalue weighted by atomic mass is 35.5. The summed E-state index contributed by atoms with van der Waals surface area (Å²) in [6, 6.07) is 6.47. The molecule has 3 rings (SSSR count). The average Bonchev–Trinajstić information content (AvgIpc) is 3.09. The van der Waals surface area contributed by atoms with E-state index >= 15 is 0 Å². The molecule has 0 amide bonds. The number of hydrogen-bond acceptors (Lipinski definition) is 2. The zero-order valence-corrected chi connectivity index (χ0v) is 12.6. The van der Waals surface area contributed by atoms with E-state index in [1.165, 1.54) is 16.8 Å². The van der Waals surface area contributed by atoms with Crippen molar-refractivity contribution < 1.29 is 4.39 Å². The summed E-state index contributed by atoms with van der Waals surface area (Å²) in [7, 11) is 0. The molecule has 0 aliphatic heterocycles. The number of nitriles is 1. The Balaban J connectivity index is 2.10. The fraction of sp³-hybridized carbons (Fsp3) is 0.333. The monoisotopic (exact) mass is 323 g/mol. The SMILES string of the molecule is N#Cc1c(C2CCCC2)nn(-c2ccc(Cl)c(F)c2)c1Cl. The van der Waals surface area contributed by atoms with Gasteiger partial charge in [0.25, 0.3) is 0 Å². The number of halogens is 3. The first-order valence-corrected chi connectivity index (χ1v) is 7.51. The lowest BCUT2D eigenvalue weighted by Crippen LogP contribution is -2.00. The summed E-state index contributed by atoms with van der Waals surface area (Å²) in [5.74, 6) is -0.280. The molecule has 1 aromatic heterocycles. The van der Waals surface area contributed by atoms with Crippen LogP contribution in [0, 0.1) is 17.1 Å². The first-order valence-electron chi connectivity index (χ1n) is 6.75. The second-order valence-electron chi connectivity index (χ2n) is 5.15. The van der Waals surface area contributed by atoms with Crippen molar-refractivity contribution in [2.75, 3.05) is 0 Å². The highest BCUT2D eigenvalue weighted by Gasteiger charge is 2.26. The second kappa shape index (κ2) is 5.67. The maximum Gasteiger partial charge on any atom is 0.150 e. The van der Waals surface area contributed by atoms with E-state index in [0.717, 1.165) is 31.4 Å². The maximum atomic E-state index is 13.6. The number of aromatic nitrogens is 2. The normalized spacial score (nSPS) is 15.3. The summed E-state index contributed by atoms with van der Waals surface area (Å²) in [6.45, 7) is 0. The summed E-state index contributed by atoms with van der Waals surface area (Å²) in [4.78, 5) is 0. The molecule has 0 spiro atoms. The van der Waals surface area contributed by atoms with Crippen molar-refractivity contribution in [2.24, 2.45) is 0 Å². The molecule has 0 unspecified atom stereocenters. The van der Waals surface area contributed by atoms with E-state index in [0.29, 0.717) is 11.3 Å². The Labute approximate surface area is 131 Å². The topological polar surface area (TPSA) is 41.6 Å². The van der Waals surface area contributed by atoms with Crippen LogP contribution in [-0.4, -0.2) is 9.78 Å². The van der Waals surface area contributed by atoms with Crippen LogP contribution in [0.5, 0.6) is 0 Å². The lowest BCUT2D eigenvalue weighted by atomic mass is 10.0. The Morgan fingerprint density at radius 2 is 2.00 bits per heavy atom. The molecule has 6 heteroatoms. The third kappa shape index (κ3) is 2.52. The molecule has 0 N–H and O–H groups in total. The zero-order chi connectivity index (χ0) is 15.0. The van der Waals surface area contributed by atoms with E-state index in [4.69, 9.17) is 23.2 Å². The predicted molar refractivity (Wildman–Crippen MR) is 79.5 cm³/mol. The van der Waals surface area contributed by atoms with Crippen molar-refractivity contribution in [3.63, 3.8) is 0 Å². The molecule has 1 heterocycles. The number of hydrogen-bond donors (Lipinski definition) is 0. The Kier molecular flexibility index (Phi) is 3.88. The van der Waals surface area contributed by atoms with Crippen molar-refractivity contribution in [3.8, 4) is 11.8 Å². The molecule has 21 heavy (non-hydrogen) atoms. The highest BCUT2D eigenvalue weighted by Crippen LogP contribution is 2.37. The van der Waals surface area contributed by atoms with Crippen LogP contribution in [0.25, 0.3) is 5.69 Å². The lowest BCUT2D eigenvalue weighted by Gasteiger charge is -2.05. The third-order valence-corrected chi connectivity index (χ3v) is 4.51. The molecule has 1 aromatic carbocycles. The van der Waals surface area contributed by atoms with Crippen LogP contribution in [-0.2, 0) is 0 Å². The first kappa shape index (κ1) is 14.4. The third-order valence-electron chi connectivity index (χ3n) is 3.86. The van der Waals surface area contributed by atoms with Gasteiger partial charge in [0.15, 0.2) is 5.15 Å². The summed E-state index contributed by atoms with van der Waals surface area (Å²) < 4.78 is 15.0. The number of rotatable bonds is 2. The smallest absolute Gasteiger partial charge is 0.150 e. The van der Waals surface area contributed by atoms with E-state index in [1.54, 1.807) is 6.07 Å². The molecule has 0 bridgehead atoms. The van der Waals surface area contributed by atoms with E-state index in [-0.39, 0.29) is 16.1 Å². The largest absolute Gasteiger partial charge is 0.220 e. The van der Waals surface area contributed by atoms with Crippen LogP contribution in [0.4, 0.5) is 4.39 Å². The molecule has 3 nitrogen and oxygen atoms in total. The minimum Gasteiger partial charge on any atom is -0.220 e. The summed E-state index contributed by atoms with van der Waals surface area (Å²) in [6.07, 6.45) is 4.29. The Morgan fingerprint density at radius 1 is 1.29 bits per heavy atom. The van der Waals surface area contributed by atoms with Crippen molar-refractivity contribution in [1.82, 2.24) is 9.78 Å². The number of benzene rings is 1. The molecule has 1 saturated carbocycles. The van der Waals surface area contributed by atoms with Gasteiger partial charge in [0.2, 0.25) is 0 Å². The van der Waals surface area contributed by atoms with Crippen LogP contribution in [0.2, 0.25) is 10.2 Å². The van der Waals surface area contributed by atoms with Crippen LogP contribution in [0.3, 0.4) is 0 Å². The molecule has 0 atom stereocenters. The van der Waals surface area contributed by atoms with Gasteiger partial charge in [-0.2, -0.15) is 10.4 Å². The molecule has 0 saturated heterocycles. The van der Waals surface area contributed by atoms with Crippen LogP contribution < -0.4 is 0 Å². The molecule has 0 radical (unpaired) electrons. The molecular formula is C15H12Cl2FN3. The van der Waals surface area contributed by atoms with E-state index < -0.39 is 5.82 Å². The minimum absolute atomic E-state index is 0.0403. The van der Waals surface area contributed by atoms with E-state index in [2.05, 4.69) is 11.2 Å². The van der Waals surface area contributed by atoms with E-state index in [1.807, 2.05) is 0 Å². The van der Waals surface area contributed by atoms with Crippen LogP contribution in [0.1, 0.15) is 42.9 Å². The van der Waals surface area contributed by atoms with Gasteiger partial charge in [-0.3, -0.25) is 0 Å². The van der Waals surface area contributed by atoms with Crippen molar-refractivity contribution in [3.05, 3.63) is 45.4 Å². The molecule has 1 aliphatic carbocycles. The van der Waals surface area contributed by atoms with Gasteiger partial charge in [-0.1, -0.05) is 36.0 Å². The molecule has 108 valence electrons. The van der Waals surface area contributed by atoms with Gasteiger partial charge in [-0.25, -0.2) is 9.07 Å². The van der Waals surface area contributed by atoms with Gasteiger partial charge < -0.3 is 0 Å². The fourth-order valence-electron chi connectivity index (χ4n) is 2.79. The van der Waals surface area contributed by atoms with Gasteiger partial charge in [0.1, 0.15) is 17.4 Å². The maximum absolute atomic E-state index is 13.6. The number of nitrogens with zero attached hydrogens (tertiary/aromatic N) is 3. The van der Waals surface area contributed by atoms with Gasteiger partial charge in [-0.15, -0.1) is 0 Å². The van der Waals surface area contributed by atoms with E-state index in [9.17, 15) is 9.65 Å². The summed E-state index contributed by atoms with van der Waals surface area (Å²) >= 11 is 11.9. The molecule has 2 aromatic rings. The Bertz CT molecular complexity index is 727. The van der Waals surface area contributed by atoms with Crippen molar-refractivity contribution in [1.29, 1.82) is 5.26 Å². The fourth-order valence-corrected chi connectivity index (χ4v) is 3.18. The standard InChI is InChI=1S/C15H12Cl2FN3/c16-12-6-5-10(7-13(12)18)21-15(17)11(8-19)14(20-21)9-3-1-2-4-9/h5-7,9H,1-4H2. The molecule has 1 fully saturated rings. The van der Waals surface area contributed by atoms with Gasteiger partial charge in [0, 0.05) is 12.0 Å². The highest BCUT2D eigenvalue weighted by molar-refractivity contribution is 6.31. The van der Waals surface area contributed by atoms with Crippen molar-refractivity contribution >= 4 is 23.2 Å². The molecular weight excluding hydrogens is 312 g/mol. The van der Waals surface area contributed by atoms with Crippen LogP contribution >= 0.6 is 23.2 Å². The molecule has 1 aliphatic rings. The van der Waals surface area contributed by atoms with Crippen molar-refractivity contribution in [2.45, 2.75) is 31.6 Å². The van der Waals surface area contributed by atoms with Gasteiger partial charge in [-0.05, 0) is 25.0 Å². The lowest BCUT2D eigenvalue weighted by molar-refractivity contribution is 0.624. The Hall–Kier alpha value is -1.57. The van der Waals surface area contributed by atoms with Crippen LogP contribution in [0.15, 0.2) is 18.2 Å². The predicted octanol–water partition coefficient (Wildman–Crippen LogP) is 4.85. The average molecular weight is 324 g/mol. The minimum atomic E-state index is -0.540.